The Morgan fingerprint density at radius 1 is 1.12 bits per heavy atom. The summed E-state index contributed by atoms with van der Waals surface area (Å²) in [6.07, 6.45) is -0.302. The van der Waals surface area contributed by atoms with Crippen LogP contribution in [0.4, 0.5) is 5.69 Å². The van der Waals surface area contributed by atoms with E-state index in [1.165, 1.54) is 5.69 Å². The van der Waals surface area contributed by atoms with E-state index in [1.54, 1.807) is 24.5 Å². The standard InChI is InChI=1S/C24H29N5O4/c30-14-21-23(31)22(29-10-8-28(9-11-29)17-4-2-1-3-5-17)20(33-21)13-25-24(32)16-6-7-18-19(12-16)27-15-26-18/h1-7,12,15,20-23,30-31H,8-11,13-14H2,(H,25,32)(H,26,27)/t20-,21+,22+,23-/m1/s1. The molecular formula is C24H29N5O4. The monoisotopic (exact) mass is 451 g/mol. The van der Waals surface area contributed by atoms with Gasteiger partial charge in [0, 0.05) is 44.0 Å². The largest absolute Gasteiger partial charge is 0.394 e. The molecule has 3 aromatic rings. The van der Waals surface area contributed by atoms with E-state index < -0.39 is 18.3 Å². The molecule has 4 N–H and O–H groups in total. The van der Waals surface area contributed by atoms with Crippen LogP contribution in [0.2, 0.25) is 0 Å². The number of hydrogen-bond donors (Lipinski definition) is 4. The number of carbonyl (C=O) groups excluding carboxylic acids is 1. The number of benzene rings is 2. The Morgan fingerprint density at radius 2 is 1.91 bits per heavy atom. The topological polar surface area (TPSA) is 114 Å². The Morgan fingerprint density at radius 3 is 2.67 bits per heavy atom. The Bertz CT molecular complexity index is 1080. The van der Waals surface area contributed by atoms with Gasteiger partial charge in [-0.3, -0.25) is 9.69 Å². The van der Waals surface area contributed by atoms with Crippen molar-refractivity contribution in [3.8, 4) is 0 Å². The molecule has 1 amide bonds. The van der Waals surface area contributed by atoms with Crippen molar-refractivity contribution in [2.24, 2.45) is 0 Å². The van der Waals surface area contributed by atoms with E-state index in [-0.39, 0.29) is 25.1 Å². The van der Waals surface area contributed by atoms with Crippen molar-refractivity contribution < 1.29 is 19.7 Å². The summed E-state index contributed by atoms with van der Waals surface area (Å²) in [6, 6.07) is 15.3. The quantitative estimate of drug-likeness (QED) is 0.434. The van der Waals surface area contributed by atoms with Gasteiger partial charge in [-0.25, -0.2) is 4.98 Å². The van der Waals surface area contributed by atoms with Crippen LogP contribution < -0.4 is 10.2 Å². The van der Waals surface area contributed by atoms with Gasteiger partial charge >= 0.3 is 0 Å². The molecule has 0 spiro atoms. The molecule has 2 aliphatic heterocycles. The van der Waals surface area contributed by atoms with E-state index in [2.05, 4.69) is 37.2 Å². The average Bonchev–Trinajstić information content (AvgIpc) is 3.46. The molecule has 33 heavy (non-hydrogen) atoms. The summed E-state index contributed by atoms with van der Waals surface area (Å²) in [6.45, 7) is 3.18. The first kappa shape index (κ1) is 21.8. The minimum atomic E-state index is -0.818. The average molecular weight is 452 g/mol. The molecule has 174 valence electrons. The van der Waals surface area contributed by atoms with Crippen molar-refractivity contribution in [1.29, 1.82) is 0 Å². The van der Waals surface area contributed by atoms with Crippen LogP contribution in [0.5, 0.6) is 0 Å². The van der Waals surface area contributed by atoms with Gasteiger partial charge in [-0.05, 0) is 30.3 Å². The predicted molar refractivity (Wildman–Crippen MR) is 124 cm³/mol. The highest BCUT2D eigenvalue weighted by molar-refractivity contribution is 5.97. The fourth-order valence-corrected chi connectivity index (χ4v) is 4.89. The molecule has 0 unspecified atom stereocenters. The maximum absolute atomic E-state index is 12.7. The van der Waals surface area contributed by atoms with E-state index in [0.717, 1.165) is 37.2 Å². The van der Waals surface area contributed by atoms with Crippen LogP contribution in [0.1, 0.15) is 10.4 Å². The number of anilines is 1. The molecule has 2 aromatic carbocycles. The fourth-order valence-electron chi connectivity index (χ4n) is 4.89. The van der Waals surface area contributed by atoms with E-state index in [0.29, 0.717) is 5.56 Å². The first-order chi connectivity index (χ1) is 16.1. The molecule has 4 atom stereocenters. The van der Waals surface area contributed by atoms with Gasteiger partial charge in [-0.2, -0.15) is 0 Å². The second kappa shape index (κ2) is 9.48. The molecule has 9 heteroatoms. The molecular weight excluding hydrogens is 422 g/mol. The zero-order valence-electron chi connectivity index (χ0n) is 18.3. The number of ether oxygens (including phenoxy) is 1. The van der Waals surface area contributed by atoms with Gasteiger partial charge in [-0.1, -0.05) is 18.2 Å². The van der Waals surface area contributed by atoms with Crippen LogP contribution >= 0.6 is 0 Å². The van der Waals surface area contributed by atoms with E-state index in [4.69, 9.17) is 4.74 Å². The number of H-pyrrole nitrogens is 1. The summed E-state index contributed by atoms with van der Waals surface area (Å²) in [4.78, 5) is 24.5. The number of nitrogens with zero attached hydrogens (tertiary/aromatic N) is 3. The molecule has 0 saturated carbocycles. The van der Waals surface area contributed by atoms with Crippen molar-refractivity contribution in [2.75, 3.05) is 44.2 Å². The number of aliphatic hydroxyl groups is 2. The number of para-hydroxylation sites is 1. The SMILES string of the molecule is O=C(NC[C@H]1O[C@@H](CO)[C@@H](O)[C@H]1N1CCN(c2ccccc2)CC1)c1ccc2nc[nH]c2c1. The second-order valence-corrected chi connectivity index (χ2v) is 8.58. The van der Waals surface area contributed by atoms with Crippen molar-refractivity contribution in [2.45, 2.75) is 24.4 Å². The zero-order valence-corrected chi connectivity index (χ0v) is 18.3. The zero-order chi connectivity index (χ0) is 22.8. The lowest BCUT2D eigenvalue weighted by Crippen LogP contribution is -2.57. The van der Waals surface area contributed by atoms with Gasteiger partial charge in [0.1, 0.15) is 12.2 Å². The molecule has 0 aliphatic carbocycles. The molecule has 1 aromatic heterocycles. The first-order valence-corrected chi connectivity index (χ1v) is 11.3. The highest BCUT2D eigenvalue weighted by Gasteiger charge is 2.46. The lowest BCUT2D eigenvalue weighted by atomic mass is 10.0. The number of amides is 1. The molecule has 0 radical (unpaired) electrons. The predicted octanol–water partition coefficient (Wildman–Crippen LogP) is 0.604. The smallest absolute Gasteiger partial charge is 0.251 e. The summed E-state index contributed by atoms with van der Waals surface area (Å²) < 4.78 is 5.96. The van der Waals surface area contributed by atoms with Crippen LogP contribution in [-0.4, -0.2) is 94.7 Å². The fraction of sp³-hybridized carbons (Fsp3) is 0.417. The number of rotatable bonds is 6. The Balaban J connectivity index is 1.23. The van der Waals surface area contributed by atoms with Gasteiger partial charge < -0.3 is 30.2 Å². The number of piperazine rings is 1. The lowest BCUT2D eigenvalue weighted by Gasteiger charge is -2.41. The van der Waals surface area contributed by atoms with E-state index in [9.17, 15) is 15.0 Å². The van der Waals surface area contributed by atoms with Crippen LogP contribution in [-0.2, 0) is 4.74 Å². The molecule has 2 saturated heterocycles. The van der Waals surface area contributed by atoms with Gasteiger partial charge in [0.25, 0.3) is 5.91 Å². The van der Waals surface area contributed by atoms with Gasteiger partial charge in [-0.15, -0.1) is 0 Å². The molecule has 0 bridgehead atoms. The Kier molecular flexibility index (Phi) is 6.28. The maximum atomic E-state index is 12.7. The van der Waals surface area contributed by atoms with Crippen LogP contribution in [0.15, 0.2) is 54.9 Å². The van der Waals surface area contributed by atoms with Gasteiger partial charge in [0.15, 0.2) is 0 Å². The molecule has 2 aliphatic rings. The Hall–Kier alpha value is -2.98. The minimum absolute atomic E-state index is 0.218. The Labute approximate surface area is 192 Å². The minimum Gasteiger partial charge on any atom is -0.394 e. The summed E-state index contributed by atoms with van der Waals surface area (Å²) in [5, 5.41) is 23.5. The van der Waals surface area contributed by atoms with Crippen molar-refractivity contribution in [3.63, 3.8) is 0 Å². The van der Waals surface area contributed by atoms with Gasteiger partial charge in [0.2, 0.25) is 0 Å². The maximum Gasteiger partial charge on any atom is 0.251 e. The summed E-state index contributed by atoms with van der Waals surface area (Å²) in [5.74, 6) is -0.218. The third-order valence-electron chi connectivity index (χ3n) is 6.64. The van der Waals surface area contributed by atoms with Crippen LogP contribution in [0, 0.1) is 0 Å². The number of nitrogens with one attached hydrogen (secondary N) is 2. The third kappa shape index (κ3) is 4.45. The van der Waals surface area contributed by atoms with E-state index >= 15 is 0 Å². The number of aromatic nitrogens is 2. The highest BCUT2D eigenvalue weighted by atomic mass is 16.5. The highest BCUT2D eigenvalue weighted by Crippen LogP contribution is 2.27. The molecule has 5 rings (SSSR count). The summed E-state index contributed by atoms with van der Waals surface area (Å²) in [7, 11) is 0. The van der Waals surface area contributed by atoms with Gasteiger partial charge in [0.05, 0.1) is 36.1 Å². The first-order valence-electron chi connectivity index (χ1n) is 11.3. The number of imidazole rings is 1. The summed E-state index contributed by atoms with van der Waals surface area (Å²) in [5.41, 5.74) is 3.31. The molecule has 3 heterocycles. The molecule has 2 fully saturated rings. The van der Waals surface area contributed by atoms with Crippen LogP contribution in [0.3, 0.4) is 0 Å². The second-order valence-electron chi connectivity index (χ2n) is 8.58. The number of carbonyl (C=O) groups is 1. The van der Waals surface area contributed by atoms with E-state index in [1.807, 2.05) is 18.2 Å². The lowest BCUT2D eigenvalue weighted by molar-refractivity contribution is -0.0209. The van der Waals surface area contributed by atoms with Crippen molar-refractivity contribution >= 4 is 22.6 Å². The normalized spacial score (nSPS) is 26.1. The van der Waals surface area contributed by atoms with Crippen LogP contribution in [0.25, 0.3) is 11.0 Å². The number of aromatic amines is 1. The van der Waals surface area contributed by atoms with Crippen molar-refractivity contribution in [3.05, 3.63) is 60.4 Å². The summed E-state index contributed by atoms with van der Waals surface area (Å²) >= 11 is 0. The number of aliphatic hydroxyl groups excluding tert-OH is 2. The van der Waals surface area contributed by atoms with Crippen molar-refractivity contribution in [1.82, 2.24) is 20.2 Å². The third-order valence-corrected chi connectivity index (χ3v) is 6.64. The molecule has 9 nitrogen and oxygen atoms in total. The number of hydrogen-bond acceptors (Lipinski definition) is 7. The number of fused-ring (bicyclic) bond motifs is 1.